The lowest BCUT2D eigenvalue weighted by Crippen LogP contribution is -2.37. The van der Waals surface area contributed by atoms with Gasteiger partial charge in [0.1, 0.15) is 5.69 Å². The molecular formula is C20H26N4O2S. The Morgan fingerprint density at radius 3 is 2.70 bits per heavy atom. The summed E-state index contributed by atoms with van der Waals surface area (Å²) >= 11 is 1.52. The SMILES string of the molecule is CCN1CCCn2nc(C3CCN(C(=O)c4sccc4C)CC3)cc2C1=O. The Labute approximate surface area is 163 Å². The van der Waals surface area contributed by atoms with E-state index in [0.29, 0.717) is 5.92 Å². The molecule has 0 saturated carbocycles. The molecule has 1 saturated heterocycles. The maximum Gasteiger partial charge on any atom is 0.272 e. The van der Waals surface area contributed by atoms with Gasteiger partial charge in [0.05, 0.1) is 10.6 Å². The fraction of sp³-hybridized carbons (Fsp3) is 0.550. The summed E-state index contributed by atoms with van der Waals surface area (Å²) in [5, 5.41) is 6.73. The lowest BCUT2D eigenvalue weighted by Gasteiger charge is -2.31. The van der Waals surface area contributed by atoms with E-state index in [9.17, 15) is 9.59 Å². The van der Waals surface area contributed by atoms with Gasteiger partial charge in [-0.3, -0.25) is 14.3 Å². The number of aryl methyl sites for hydroxylation is 2. The zero-order chi connectivity index (χ0) is 19.0. The Morgan fingerprint density at radius 2 is 2.04 bits per heavy atom. The maximum atomic E-state index is 12.7. The van der Waals surface area contributed by atoms with Crippen molar-refractivity contribution in [2.45, 2.75) is 45.6 Å². The number of piperidine rings is 1. The molecule has 0 bridgehead atoms. The lowest BCUT2D eigenvalue weighted by molar-refractivity contribution is 0.0715. The van der Waals surface area contributed by atoms with E-state index in [0.717, 1.165) is 73.8 Å². The summed E-state index contributed by atoms with van der Waals surface area (Å²) in [7, 11) is 0. The quantitative estimate of drug-likeness (QED) is 0.814. The number of aromatic nitrogens is 2. The van der Waals surface area contributed by atoms with Crippen LogP contribution in [-0.4, -0.2) is 57.6 Å². The van der Waals surface area contributed by atoms with Gasteiger partial charge in [0, 0.05) is 38.6 Å². The van der Waals surface area contributed by atoms with Crippen molar-refractivity contribution in [3.8, 4) is 0 Å². The molecule has 144 valence electrons. The first kappa shape index (κ1) is 18.2. The van der Waals surface area contributed by atoms with Crippen molar-refractivity contribution in [3.05, 3.63) is 39.3 Å². The highest BCUT2D eigenvalue weighted by atomic mass is 32.1. The maximum absolute atomic E-state index is 12.7. The van der Waals surface area contributed by atoms with Crippen LogP contribution in [0.25, 0.3) is 0 Å². The third-order valence-electron chi connectivity index (χ3n) is 5.74. The molecule has 2 aromatic heterocycles. The lowest BCUT2D eigenvalue weighted by atomic mass is 9.93. The summed E-state index contributed by atoms with van der Waals surface area (Å²) in [5.74, 6) is 0.561. The van der Waals surface area contributed by atoms with Crippen LogP contribution in [0.2, 0.25) is 0 Å². The van der Waals surface area contributed by atoms with E-state index in [2.05, 4.69) is 0 Å². The van der Waals surface area contributed by atoms with Gasteiger partial charge < -0.3 is 9.80 Å². The second-order valence-electron chi connectivity index (χ2n) is 7.42. The Morgan fingerprint density at radius 1 is 1.26 bits per heavy atom. The molecule has 4 heterocycles. The van der Waals surface area contributed by atoms with E-state index in [1.165, 1.54) is 11.3 Å². The van der Waals surface area contributed by atoms with Gasteiger partial charge >= 0.3 is 0 Å². The molecule has 4 rings (SSSR count). The smallest absolute Gasteiger partial charge is 0.272 e. The normalized spacial score (nSPS) is 18.5. The predicted molar refractivity (Wildman–Crippen MR) is 105 cm³/mol. The van der Waals surface area contributed by atoms with E-state index in [4.69, 9.17) is 5.10 Å². The number of thiophene rings is 1. The van der Waals surface area contributed by atoms with Crippen LogP contribution in [0.3, 0.4) is 0 Å². The van der Waals surface area contributed by atoms with Crippen LogP contribution in [0.5, 0.6) is 0 Å². The number of rotatable bonds is 3. The van der Waals surface area contributed by atoms with Crippen LogP contribution in [0.1, 0.15) is 63.5 Å². The Kier molecular flexibility index (Phi) is 5.04. The molecule has 2 aliphatic heterocycles. The molecule has 6 nitrogen and oxygen atoms in total. The minimum absolute atomic E-state index is 0.0922. The summed E-state index contributed by atoms with van der Waals surface area (Å²) in [6.45, 7) is 7.85. The number of fused-ring (bicyclic) bond motifs is 1. The van der Waals surface area contributed by atoms with Crippen LogP contribution < -0.4 is 0 Å². The molecule has 7 heteroatoms. The number of nitrogens with zero attached hydrogens (tertiary/aromatic N) is 4. The van der Waals surface area contributed by atoms with Crippen LogP contribution in [-0.2, 0) is 6.54 Å². The van der Waals surface area contributed by atoms with Gasteiger partial charge in [-0.1, -0.05) is 0 Å². The van der Waals surface area contributed by atoms with Gasteiger partial charge in [0.15, 0.2) is 0 Å². The van der Waals surface area contributed by atoms with Crippen molar-refractivity contribution in [2.24, 2.45) is 0 Å². The van der Waals surface area contributed by atoms with Crippen LogP contribution >= 0.6 is 11.3 Å². The molecule has 2 aliphatic rings. The summed E-state index contributed by atoms with van der Waals surface area (Å²) in [4.78, 5) is 30.1. The standard InChI is InChI=1S/C20H26N4O2S/c1-3-22-8-4-9-24-17(19(22)25)13-16(21-24)15-5-10-23(11-6-15)20(26)18-14(2)7-12-27-18/h7,12-13,15H,3-6,8-11H2,1-2H3. The minimum atomic E-state index is 0.0922. The molecule has 0 spiro atoms. The molecule has 0 aliphatic carbocycles. The van der Waals surface area contributed by atoms with Crippen LogP contribution in [0.4, 0.5) is 0 Å². The highest BCUT2D eigenvalue weighted by Crippen LogP contribution is 2.30. The van der Waals surface area contributed by atoms with Gasteiger partial charge in [0.25, 0.3) is 11.8 Å². The summed E-state index contributed by atoms with van der Waals surface area (Å²) < 4.78 is 1.89. The van der Waals surface area contributed by atoms with E-state index >= 15 is 0 Å². The molecule has 0 radical (unpaired) electrons. The number of carbonyl (C=O) groups is 2. The van der Waals surface area contributed by atoms with Gasteiger partial charge in [-0.15, -0.1) is 11.3 Å². The molecule has 0 aromatic carbocycles. The van der Waals surface area contributed by atoms with E-state index in [1.807, 2.05) is 45.8 Å². The topological polar surface area (TPSA) is 58.4 Å². The predicted octanol–water partition coefficient (Wildman–Crippen LogP) is 3.14. The zero-order valence-electron chi connectivity index (χ0n) is 16.0. The van der Waals surface area contributed by atoms with Gasteiger partial charge in [-0.2, -0.15) is 5.10 Å². The van der Waals surface area contributed by atoms with E-state index in [-0.39, 0.29) is 11.8 Å². The zero-order valence-corrected chi connectivity index (χ0v) is 16.8. The number of hydrogen-bond donors (Lipinski definition) is 0. The molecule has 2 aromatic rings. The molecule has 2 amide bonds. The summed E-state index contributed by atoms with van der Waals surface area (Å²) in [6, 6.07) is 3.99. The van der Waals surface area contributed by atoms with Crippen LogP contribution in [0, 0.1) is 6.92 Å². The highest BCUT2D eigenvalue weighted by Gasteiger charge is 2.30. The highest BCUT2D eigenvalue weighted by molar-refractivity contribution is 7.12. The minimum Gasteiger partial charge on any atom is -0.338 e. The second-order valence-corrected chi connectivity index (χ2v) is 8.33. The first-order chi connectivity index (χ1) is 13.1. The Bertz CT molecular complexity index is 848. The van der Waals surface area contributed by atoms with Crippen molar-refractivity contribution in [2.75, 3.05) is 26.2 Å². The largest absolute Gasteiger partial charge is 0.338 e. The third kappa shape index (κ3) is 3.40. The average molecular weight is 387 g/mol. The third-order valence-corrected chi connectivity index (χ3v) is 6.75. The molecular weight excluding hydrogens is 360 g/mol. The van der Waals surface area contributed by atoms with Crippen molar-refractivity contribution in [3.63, 3.8) is 0 Å². The van der Waals surface area contributed by atoms with E-state index < -0.39 is 0 Å². The Balaban J connectivity index is 1.45. The van der Waals surface area contributed by atoms with E-state index in [1.54, 1.807) is 0 Å². The number of amides is 2. The average Bonchev–Trinajstić information content (AvgIpc) is 3.27. The molecule has 0 atom stereocenters. The first-order valence-corrected chi connectivity index (χ1v) is 10.7. The number of hydrogen-bond acceptors (Lipinski definition) is 4. The van der Waals surface area contributed by atoms with Crippen molar-refractivity contribution in [1.29, 1.82) is 0 Å². The first-order valence-electron chi connectivity index (χ1n) is 9.79. The molecule has 0 unspecified atom stereocenters. The van der Waals surface area contributed by atoms with Crippen LogP contribution in [0.15, 0.2) is 17.5 Å². The van der Waals surface area contributed by atoms with Gasteiger partial charge in [-0.05, 0) is 56.2 Å². The second kappa shape index (κ2) is 7.46. The van der Waals surface area contributed by atoms with Crippen molar-refractivity contribution >= 4 is 23.2 Å². The molecule has 27 heavy (non-hydrogen) atoms. The summed E-state index contributed by atoms with van der Waals surface area (Å²) in [6.07, 6.45) is 2.75. The number of likely N-dealkylation sites (tertiary alicyclic amines) is 1. The van der Waals surface area contributed by atoms with Crippen molar-refractivity contribution < 1.29 is 9.59 Å². The number of carbonyl (C=O) groups excluding carboxylic acids is 2. The molecule has 0 N–H and O–H groups in total. The monoisotopic (exact) mass is 386 g/mol. The molecule has 1 fully saturated rings. The Hall–Kier alpha value is -2.15. The fourth-order valence-corrected chi connectivity index (χ4v) is 4.96. The fourth-order valence-electron chi connectivity index (χ4n) is 4.07. The van der Waals surface area contributed by atoms with Gasteiger partial charge in [0.2, 0.25) is 0 Å². The summed E-state index contributed by atoms with van der Waals surface area (Å²) in [5.41, 5.74) is 2.79. The van der Waals surface area contributed by atoms with Gasteiger partial charge in [-0.25, -0.2) is 0 Å². The van der Waals surface area contributed by atoms with Crippen molar-refractivity contribution in [1.82, 2.24) is 19.6 Å².